The summed E-state index contributed by atoms with van der Waals surface area (Å²) >= 11 is 0. The number of hydrogen-bond acceptors (Lipinski definition) is 1. The van der Waals surface area contributed by atoms with E-state index in [4.69, 9.17) is 0 Å². The summed E-state index contributed by atoms with van der Waals surface area (Å²) < 4.78 is 10.1. The summed E-state index contributed by atoms with van der Waals surface area (Å²) in [5.41, 5.74) is 1.17. The topological polar surface area (TPSA) is 17.1 Å². The maximum atomic E-state index is 10.1. The van der Waals surface area contributed by atoms with Crippen molar-refractivity contribution in [1.82, 2.24) is 0 Å². The lowest BCUT2D eigenvalue weighted by molar-refractivity contribution is 0.688. The normalized spacial score (nSPS) is 8.40. The highest BCUT2D eigenvalue weighted by molar-refractivity contribution is 7.98. The maximum Gasteiger partial charge on any atom is 0.00405 e. The lowest BCUT2D eigenvalue weighted by atomic mass is 10.4. The van der Waals surface area contributed by atoms with E-state index in [0.717, 1.165) is 0 Å². The molecule has 0 aromatic heterocycles. The molecule has 0 radical (unpaired) electrons. The molecule has 0 aliphatic rings. The van der Waals surface area contributed by atoms with E-state index in [0.29, 0.717) is 0 Å². The van der Waals surface area contributed by atoms with Crippen LogP contribution in [0.1, 0.15) is 21.3 Å². The van der Waals surface area contributed by atoms with Crippen molar-refractivity contribution in [2.24, 2.45) is 0 Å². The van der Waals surface area contributed by atoms with Crippen LogP contribution >= 0.6 is 0 Å². The average Bonchev–Trinajstić information content (AvgIpc) is 1.19. The number of rotatable bonds is 0. The minimum Gasteiger partial charge on any atom is -0.269 e. The minimum absolute atomic E-state index is 0. The molecule has 0 saturated carbocycles. The first-order chi connectivity index (χ1) is 3.73. The SMILES string of the molecule is C.C=C(C)C.C=S(C)(C)=O. The predicted octanol–water partition coefficient (Wildman–Crippen LogP) is 2.18. The first kappa shape index (κ1) is 16.4. The molecule has 0 amide bonds. The van der Waals surface area contributed by atoms with Gasteiger partial charge < -0.3 is 0 Å². The van der Waals surface area contributed by atoms with Crippen molar-refractivity contribution in [3.05, 3.63) is 12.2 Å². The Morgan fingerprint density at radius 3 is 1.30 bits per heavy atom. The fraction of sp³-hybridized carbons (Fsp3) is 0.625. The van der Waals surface area contributed by atoms with Gasteiger partial charge in [-0.25, -0.2) is 0 Å². The second-order valence-corrected chi connectivity index (χ2v) is 5.52. The van der Waals surface area contributed by atoms with Crippen LogP contribution in [-0.4, -0.2) is 22.6 Å². The van der Waals surface area contributed by atoms with E-state index in [1.54, 1.807) is 12.5 Å². The van der Waals surface area contributed by atoms with Gasteiger partial charge in [-0.05, 0) is 29.2 Å². The van der Waals surface area contributed by atoms with Gasteiger partial charge in [-0.15, -0.1) is 6.58 Å². The second-order valence-electron chi connectivity index (χ2n) is 2.64. The minimum atomic E-state index is -1.67. The van der Waals surface area contributed by atoms with Gasteiger partial charge in [-0.3, -0.25) is 4.21 Å². The van der Waals surface area contributed by atoms with Crippen LogP contribution in [0.25, 0.3) is 0 Å². The molecular formula is C8H20OS. The molecule has 10 heavy (non-hydrogen) atoms. The van der Waals surface area contributed by atoms with E-state index >= 15 is 0 Å². The van der Waals surface area contributed by atoms with E-state index in [1.165, 1.54) is 5.57 Å². The van der Waals surface area contributed by atoms with Gasteiger partial charge in [0.1, 0.15) is 0 Å². The zero-order valence-corrected chi connectivity index (χ0v) is 7.55. The Balaban J connectivity index is -0.0000000910. The van der Waals surface area contributed by atoms with Crippen LogP contribution in [0, 0.1) is 0 Å². The van der Waals surface area contributed by atoms with Crippen molar-refractivity contribution in [2.45, 2.75) is 21.3 Å². The summed E-state index contributed by atoms with van der Waals surface area (Å²) in [6.45, 7) is 7.50. The summed E-state index contributed by atoms with van der Waals surface area (Å²) in [5, 5.41) is 0. The smallest absolute Gasteiger partial charge is 0.00405 e. The molecule has 0 aliphatic carbocycles. The van der Waals surface area contributed by atoms with Crippen LogP contribution in [0.2, 0.25) is 0 Å². The van der Waals surface area contributed by atoms with Crippen molar-refractivity contribution < 1.29 is 4.21 Å². The Bertz CT molecular complexity index is 152. The fourth-order valence-electron chi connectivity index (χ4n) is 0. The van der Waals surface area contributed by atoms with Gasteiger partial charge in [0.05, 0.1) is 0 Å². The second kappa shape index (κ2) is 6.87. The molecule has 0 aromatic carbocycles. The van der Waals surface area contributed by atoms with Crippen LogP contribution in [0.15, 0.2) is 12.2 Å². The van der Waals surface area contributed by atoms with Crippen molar-refractivity contribution in [2.75, 3.05) is 12.5 Å². The van der Waals surface area contributed by atoms with Gasteiger partial charge in [0, 0.05) is 12.5 Å². The molecular weight excluding hydrogens is 144 g/mol. The van der Waals surface area contributed by atoms with Gasteiger partial charge in [0.25, 0.3) is 0 Å². The lowest BCUT2D eigenvalue weighted by Gasteiger charge is -1.78. The Hall–Kier alpha value is -0.240. The third-order valence-corrected chi connectivity index (χ3v) is 0. The van der Waals surface area contributed by atoms with E-state index in [1.807, 2.05) is 13.8 Å². The van der Waals surface area contributed by atoms with Crippen molar-refractivity contribution in [1.29, 1.82) is 0 Å². The largest absolute Gasteiger partial charge is 0.269 e. The van der Waals surface area contributed by atoms with Crippen LogP contribution in [0.3, 0.4) is 0 Å². The van der Waals surface area contributed by atoms with Crippen molar-refractivity contribution in [3.8, 4) is 0 Å². The lowest BCUT2D eigenvalue weighted by Crippen LogP contribution is -1.86. The molecule has 0 aromatic rings. The molecule has 2 heteroatoms. The zero-order valence-electron chi connectivity index (χ0n) is 6.73. The third-order valence-electron chi connectivity index (χ3n) is 0. The van der Waals surface area contributed by atoms with Crippen molar-refractivity contribution >= 4 is 15.4 Å². The molecule has 64 valence electrons. The molecule has 0 N–H and O–H groups in total. The summed E-state index contributed by atoms with van der Waals surface area (Å²) in [6, 6.07) is 0. The van der Waals surface area contributed by atoms with Crippen molar-refractivity contribution in [3.63, 3.8) is 0 Å². The Labute approximate surface area is 66.2 Å². The van der Waals surface area contributed by atoms with Crippen LogP contribution in [0.5, 0.6) is 0 Å². The standard InChI is InChI=1S/C4H8.C3H8OS.CH4/c1-4(2)3;1-5(2,3)4;/h1H2,2-3H3;1H2,2-3H3;1H4. The van der Waals surface area contributed by atoms with E-state index in [-0.39, 0.29) is 7.43 Å². The van der Waals surface area contributed by atoms with Crippen LogP contribution < -0.4 is 0 Å². The Morgan fingerprint density at radius 1 is 1.30 bits per heavy atom. The quantitative estimate of drug-likeness (QED) is 0.396. The molecule has 0 heterocycles. The first-order valence-corrected chi connectivity index (χ1v) is 5.17. The maximum absolute atomic E-state index is 10.1. The molecule has 0 rings (SSSR count). The van der Waals surface area contributed by atoms with Crippen LogP contribution in [-0.2, 0) is 9.52 Å². The van der Waals surface area contributed by atoms with Gasteiger partial charge in [0.15, 0.2) is 0 Å². The van der Waals surface area contributed by atoms with Gasteiger partial charge in [-0.2, -0.15) is 0 Å². The molecule has 0 bridgehead atoms. The first-order valence-electron chi connectivity index (χ1n) is 2.63. The molecule has 0 saturated heterocycles. The highest BCUT2D eigenvalue weighted by Crippen LogP contribution is 1.73. The molecule has 0 aliphatic heterocycles. The van der Waals surface area contributed by atoms with E-state index in [2.05, 4.69) is 12.4 Å². The average molecular weight is 164 g/mol. The summed E-state index contributed by atoms with van der Waals surface area (Å²) in [7, 11) is -1.67. The Kier molecular flexibility index (Phi) is 11.3. The van der Waals surface area contributed by atoms with Gasteiger partial charge in [-0.1, -0.05) is 13.0 Å². The Morgan fingerprint density at radius 2 is 1.30 bits per heavy atom. The summed E-state index contributed by atoms with van der Waals surface area (Å²) in [5.74, 6) is 3.30. The molecule has 0 spiro atoms. The van der Waals surface area contributed by atoms with Gasteiger partial charge in [0.2, 0.25) is 0 Å². The molecule has 0 atom stereocenters. The number of hydrogen-bond donors (Lipinski definition) is 0. The zero-order chi connectivity index (χ0) is 8.08. The summed E-state index contributed by atoms with van der Waals surface area (Å²) in [4.78, 5) is 0. The van der Waals surface area contributed by atoms with E-state index < -0.39 is 9.52 Å². The molecule has 0 unspecified atom stereocenters. The molecule has 0 fully saturated rings. The molecule has 1 nitrogen and oxygen atoms in total. The summed E-state index contributed by atoms with van der Waals surface area (Å²) in [6.07, 6.45) is 3.21. The van der Waals surface area contributed by atoms with E-state index in [9.17, 15) is 4.21 Å². The predicted molar refractivity (Wildman–Crippen MR) is 54.3 cm³/mol. The fourth-order valence-corrected chi connectivity index (χ4v) is 0. The highest BCUT2D eigenvalue weighted by Gasteiger charge is 1.69. The highest BCUT2D eigenvalue weighted by atomic mass is 32.2. The monoisotopic (exact) mass is 164 g/mol. The third kappa shape index (κ3) is 6160. The van der Waals surface area contributed by atoms with Gasteiger partial charge >= 0.3 is 0 Å². The number of allylic oxidation sites excluding steroid dienone is 1. The van der Waals surface area contributed by atoms with Crippen LogP contribution in [0.4, 0.5) is 0 Å².